The van der Waals surface area contributed by atoms with Crippen molar-refractivity contribution in [2.75, 3.05) is 0 Å². The van der Waals surface area contributed by atoms with Crippen LogP contribution in [-0.4, -0.2) is 20.6 Å². The molecule has 0 saturated carbocycles. The normalized spacial score (nSPS) is 11.7. The van der Waals surface area contributed by atoms with E-state index in [4.69, 9.17) is 0 Å². The van der Waals surface area contributed by atoms with Crippen molar-refractivity contribution in [3.63, 3.8) is 0 Å². The van der Waals surface area contributed by atoms with Gasteiger partial charge in [-0.2, -0.15) is 0 Å². The highest BCUT2D eigenvalue weighted by Gasteiger charge is 2.15. The van der Waals surface area contributed by atoms with Gasteiger partial charge in [0.15, 0.2) is 5.69 Å². The molecule has 6 nitrogen and oxygen atoms in total. The highest BCUT2D eigenvalue weighted by Crippen LogP contribution is 2.37. The molecule has 6 heteroatoms. The number of hydrogen-bond acceptors (Lipinski definition) is 3. The summed E-state index contributed by atoms with van der Waals surface area (Å²) in [6.45, 7) is 0. The van der Waals surface area contributed by atoms with E-state index >= 15 is 0 Å². The fraction of sp³-hybridized carbons (Fsp3) is 0.0556. The van der Waals surface area contributed by atoms with Crippen molar-refractivity contribution < 1.29 is 9.90 Å². The van der Waals surface area contributed by atoms with Crippen LogP contribution in [0.2, 0.25) is 0 Å². The fourth-order valence-corrected chi connectivity index (χ4v) is 2.86. The number of benzene rings is 2. The van der Waals surface area contributed by atoms with Crippen LogP contribution in [0.25, 0.3) is 21.8 Å². The van der Waals surface area contributed by atoms with Crippen LogP contribution in [0.1, 0.15) is 10.4 Å². The zero-order valence-electron chi connectivity index (χ0n) is 12.9. The first-order valence-corrected chi connectivity index (χ1v) is 7.45. The molecule has 118 valence electrons. The molecule has 0 radical (unpaired) electrons. The quantitative estimate of drug-likeness (QED) is 0.540. The van der Waals surface area contributed by atoms with Gasteiger partial charge in [-0.05, 0) is 12.1 Å². The number of rotatable bonds is 2. The lowest BCUT2D eigenvalue weighted by Gasteiger charge is -1.95. The SMILES string of the molecule is Cn1c(O)c(N=NC(=O)c2c[nH]c3ccccc23)c2ccccc21. The third-order valence-corrected chi connectivity index (χ3v) is 4.11. The molecule has 0 atom stereocenters. The molecule has 2 heterocycles. The molecule has 4 aromatic rings. The van der Waals surface area contributed by atoms with E-state index in [9.17, 15) is 9.90 Å². The molecular formula is C18H14N4O2. The van der Waals surface area contributed by atoms with Gasteiger partial charge in [-0.1, -0.05) is 36.4 Å². The zero-order chi connectivity index (χ0) is 16.7. The molecule has 0 aliphatic rings. The average Bonchev–Trinajstić information content (AvgIpc) is 3.14. The van der Waals surface area contributed by atoms with Crippen molar-refractivity contribution in [1.29, 1.82) is 0 Å². The number of aryl methyl sites for hydroxylation is 1. The smallest absolute Gasteiger partial charge is 0.297 e. The Morgan fingerprint density at radius 2 is 1.79 bits per heavy atom. The van der Waals surface area contributed by atoms with Crippen LogP contribution in [0.3, 0.4) is 0 Å². The molecule has 2 aromatic carbocycles. The summed E-state index contributed by atoms with van der Waals surface area (Å²) in [7, 11) is 1.73. The van der Waals surface area contributed by atoms with Gasteiger partial charge in [0.2, 0.25) is 5.88 Å². The lowest BCUT2D eigenvalue weighted by Crippen LogP contribution is -1.91. The van der Waals surface area contributed by atoms with Crippen molar-refractivity contribution in [3.8, 4) is 5.88 Å². The number of nitrogens with one attached hydrogen (secondary N) is 1. The molecule has 2 aromatic heterocycles. The lowest BCUT2D eigenvalue weighted by atomic mass is 10.2. The number of aromatic amines is 1. The number of aromatic nitrogens is 2. The van der Waals surface area contributed by atoms with Crippen molar-refractivity contribution >= 4 is 33.4 Å². The molecule has 0 aliphatic heterocycles. The van der Waals surface area contributed by atoms with Gasteiger partial charge < -0.3 is 14.7 Å². The van der Waals surface area contributed by atoms with Crippen LogP contribution in [0.5, 0.6) is 5.88 Å². The first-order valence-electron chi connectivity index (χ1n) is 7.45. The van der Waals surface area contributed by atoms with E-state index in [1.807, 2.05) is 48.5 Å². The molecule has 0 spiro atoms. The minimum absolute atomic E-state index is 0.0216. The van der Waals surface area contributed by atoms with E-state index in [0.29, 0.717) is 11.3 Å². The molecular weight excluding hydrogens is 304 g/mol. The summed E-state index contributed by atoms with van der Waals surface area (Å²) >= 11 is 0. The Morgan fingerprint density at radius 3 is 2.62 bits per heavy atom. The first kappa shape index (κ1) is 14.2. The molecule has 24 heavy (non-hydrogen) atoms. The largest absolute Gasteiger partial charge is 0.493 e. The van der Waals surface area contributed by atoms with Crippen molar-refractivity contribution in [3.05, 3.63) is 60.3 Å². The van der Waals surface area contributed by atoms with Crippen LogP contribution in [0, 0.1) is 0 Å². The molecule has 1 amide bonds. The highest BCUT2D eigenvalue weighted by atomic mass is 16.3. The van der Waals surface area contributed by atoms with Crippen LogP contribution in [0.15, 0.2) is 65.0 Å². The van der Waals surface area contributed by atoms with E-state index in [1.165, 1.54) is 0 Å². The van der Waals surface area contributed by atoms with Gasteiger partial charge in [0.1, 0.15) is 0 Å². The highest BCUT2D eigenvalue weighted by molar-refractivity contribution is 6.07. The molecule has 2 N–H and O–H groups in total. The summed E-state index contributed by atoms with van der Waals surface area (Å²) in [6.07, 6.45) is 1.62. The standard InChI is InChI=1S/C18H14N4O2/c1-22-15-9-5-3-7-12(15)16(18(22)24)20-21-17(23)13-10-19-14-8-4-2-6-11(13)14/h2-10,19,24H,1H3. The molecule has 4 rings (SSSR count). The van der Waals surface area contributed by atoms with Gasteiger partial charge in [0.25, 0.3) is 5.91 Å². The number of amides is 1. The zero-order valence-corrected chi connectivity index (χ0v) is 12.9. The maximum Gasteiger partial charge on any atom is 0.297 e. The Balaban J connectivity index is 1.76. The minimum Gasteiger partial charge on any atom is -0.493 e. The number of hydrogen-bond donors (Lipinski definition) is 2. The predicted molar refractivity (Wildman–Crippen MR) is 91.7 cm³/mol. The average molecular weight is 318 g/mol. The predicted octanol–water partition coefficient (Wildman–Crippen LogP) is 4.29. The first-order chi connectivity index (χ1) is 11.7. The number of aromatic hydroxyl groups is 1. The van der Waals surface area contributed by atoms with Crippen molar-refractivity contribution in [1.82, 2.24) is 9.55 Å². The molecule has 0 fully saturated rings. The summed E-state index contributed by atoms with van der Waals surface area (Å²) in [4.78, 5) is 15.4. The Hall–Kier alpha value is -3.41. The maximum absolute atomic E-state index is 12.4. The van der Waals surface area contributed by atoms with E-state index in [0.717, 1.165) is 21.8 Å². The second-order valence-corrected chi connectivity index (χ2v) is 5.50. The second-order valence-electron chi connectivity index (χ2n) is 5.50. The van der Waals surface area contributed by atoms with Crippen molar-refractivity contribution in [2.24, 2.45) is 17.3 Å². The Kier molecular flexibility index (Phi) is 3.16. The number of nitrogens with zero attached hydrogens (tertiary/aromatic N) is 3. The van der Waals surface area contributed by atoms with E-state index in [1.54, 1.807) is 17.8 Å². The van der Waals surface area contributed by atoms with Gasteiger partial charge in [-0.25, -0.2) is 0 Å². The summed E-state index contributed by atoms with van der Waals surface area (Å²) in [5.41, 5.74) is 2.43. The Labute approximate surface area is 137 Å². The van der Waals surface area contributed by atoms with Crippen LogP contribution >= 0.6 is 0 Å². The summed E-state index contributed by atoms with van der Waals surface area (Å²) < 4.78 is 1.61. The van der Waals surface area contributed by atoms with Gasteiger partial charge >= 0.3 is 0 Å². The number of carbonyl (C=O) groups is 1. The van der Waals surface area contributed by atoms with Gasteiger partial charge in [0.05, 0.1) is 11.1 Å². The second kappa shape index (κ2) is 5.34. The summed E-state index contributed by atoms with van der Waals surface area (Å²) in [6, 6.07) is 14.9. The third kappa shape index (κ3) is 2.08. The Bertz CT molecular complexity index is 1100. The molecule has 0 aliphatic carbocycles. The maximum atomic E-state index is 12.4. The molecule has 0 saturated heterocycles. The molecule has 0 bridgehead atoms. The fourth-order valence-electron chi connectivity index (χ4n) is 2.86. The number of fused-ring (bicyclic) bond motifs is 2. The van der Waals surface area contributed by atoms with Crippen LogP contribution in [0.4, 0.5) is 5.69 Å². The number of carbonyl (C=O) groups excluding carboxylic acids is 1. The topological polar surface area (TPSA) is 82.7 Å². The van der Waals surface area contributed by atoms with E-state index in [2.05, 4.69) is 15.2 Å². The minimum atomic E-state index is -0.459. The number of H-pyrrole nitrogens is 1. The van der Waals surface area contributed by atoms with E-state index < -0.39 is 5.91 Å². The van der Waals surface area contributed by atoms with Crippen molar-refractivity contribution in [2.45, 2.75) is 0 Å². The third-order valence-electron chi connectivity index (χ3n) is 4.11. The number of azo groups is 1. The van der Waals surface area contributed by atoms with Gasteiger partial charge in [-0.3, -0.25) is 4.79 Å². The summed E-state index contributed by atoms with van der Waals surface area (Å²) in [5, 5.41) is 19.6. The van der Waals surface area contributed by atoms with Gasteiger partial charge in [0, 0.05) is 29.5 Å². The van der Waals surface area contributed by atoms with Crippen LogP contribution < -0.4 is 0 Å². The van der Waals surface area contributed by atoms with Crippen LogP contribution in [-0.2, 0) is 7.05 Å². The monoisotopic (exact) mass is 318 g/mol. The summed E-state index contributed by atoms with van der Waals surface area (Å²) in [5.74, 6) is -0.480. The Morgan fingerprint density at radius 1 is 1.08 bits per heavy atom. The number of para-hydroxylation sites is 2. The van der Waals surface area contributed by atoms with Gasteiger partial charge in [-0.15, -0.1) is 10.2 Å². The lowest BCUT2D eigenvalue weighted by molar-refractivity contribution is 0.0996. The molecule has 0 unspecified atom stereocenters. The van der Waals surface area contributed by atoms with E-state index in [-0.39, 0.29) is 5.88 Å².